The number of carbonyl (C=O) groups excluding carboxylic acids is 2. The van der Waals surface area contributed by atoms with Gasteiger partial charge in [-0.1, -0.05) is 18.2 Å². The zero-order valence-corrected chi connectivity index (χ0v) is 15.4. The van der Waals surface area contributed by atoms with Crippen molar-refractivity contribution in [1.82, 2.24) is 10.6 Å². The van der Waals surface area contributed by atoms with Gasteiger partial charge >= 0.3 is 12.1 Å². The third kappa shape index (κ3) is 5.73. The lowest BCUT2D eigenvalue weighted by atomic mass is 10.1. The number of amides is 1. The number of nitrogens with one attached hydrogen (secondary N) is 2. The molecule has 2 rings (SSSR count). The Labute approximate surface area is 152 Å². The number of hydrogen-bond acceptors (Lipinski definition) is 7. The van der Waals surface area contributed by atoms with E-state index < -0.39 is 35.8 Å². The van der Waals surface area contributed by atoms with Crippen LogP contribution in [0.25, 0.3) is 0 Å². The maximum absolute atomic E-state index is 12.1. The number of ether oxygens (including phenoxy) is 3. The summed E-state index contributed by atoms with van der Waals surface area (Å²) < 4.78 is 15.5. The average molecular weight is 363 g/mol. The molecule has 0 bridgehead atoms. The molecule has 8 nitrogen and oxygen atoms in total. The van der Waals surface area contributed by atoms with E-state index in [2.05, 4.69) is 15.6 Å². The summed E-state index contributed by atoms with van der Waals surface area (Å²) in [6.07, 6.45) is 0.690. The first-order valence-corrected chi connectivity index (χ1v) is 8.34. The molecule has 1 fully saturated rings. The van der Waals surface area contributed by atoms with Crippen LogP contribution < -0.4 is 15.4 Å². The van der Waals surface area contributed by atoms with Gasteiger partial charge in [0, 0.05) is 6.54 Å². The summed E-state index contributed by atoms with van der Waals surface area (Å²) in [5.74, 6) is 0.163. The summed E-state index contributed by atoms with van der Waals surface area (Å²) in [5.41, 5.74) is -0.647. The Balaban J connectivity index is 2.05. The highest BCUT2D eigenvalue weighted by Gasteiger charge is 2.42. The van der Waals surface area contributed by atoms with E-state index in [-0.39, 0.29) is 0 Å². The third-order valence-corrected chi connectivity index (χ3v) is 3.64. The summed E-state index contributed by atoms with van der Waals surface area (Å²) >= 11 is 0. The highest BCUT2D eigenvalue weighted by Crippen LogP contribution is 2.15. The summed E-state index contributed by atoms with van der Waals surface area (Å²) in [6, 6.07) is 7.43. The highest BCUT2D eigenvalue weighted by atomic mass is 16.6. The molecule has 1 aliphatic heterocycles. The SMILES string of the molecule is COC(=O)[C@H]1NC[C@@H](N=COc2ccccc2)[C@H]1NC(=O)OC(C)(C)C. The molecule has 0 aromatic heterocycles. The highest BCUT2D eigenvalue weighted by molar-refractivity contribution is 5.79. The fourth-order valence-corrected chi connectivity index (χ4v) is 2.52. The molecule has 2 N–H and O–H groups in total. The van der Waals surface area contributed by atoms with Gasteiger partial charge in [-0.3, -0.25) is 9.79 Å². The molecule has 142 valence electrons. The standard InChI is InChI=1S/C18H25N3O5/c1-18(2,3)26-17(23)21-14-13(10-19-15(14)16(22)24-4)20-11-25-12-8-6-5-7-9-12/h5-9,11,13-15,19H,10H2,1-4H3,(H,21,23)/t13-,14-,15+/m1/s1. The molecule has 8 heteroatoms. The van der Waals surface area contributed by atoms with Gasteiger partial charge in [-0.15, -0.1) is 0 Å². The van der Waals surface area contributed by atoms with Crippen molar-refractivity contribution in [1.29, 1.82) is 0 Å². The van der Waals surface area contributed by atoms with Gasteiger partial charge in [0.25, 0.3) is 0 Å². The molecule has 0 saturated carbocycles. The molecule has 26 heavy (non-hydrogen) atoms. The lowest BCUT2D eigenvalue weighted by Gasteiger charge is -2.25. The van der Waals surface area contributed by atoms with Crippen LogP contribution in [0.4, 0.5) is 4.79 Å². The quantitative estimate of drug-likeness (QED) is 0.467. The molecular formula is C18H25N3O5. The molecule has 1 aromatic rings. The van der Waals surface area contributed by atoms with Crippen LogP contribution in [0.5, 0.6) is 5.75 Å². The van der Waals surface area contributed by atoms with Crippen molar-refractivity contribution in [2.75, 3.05) is 13.7 Å². The monoisotopic (exact) mass is 363 g/mol. The molecule has 1 aliphatic rings. The summed E-state index contributed by atoms with van der Waals surface area (Å²) in [6.45, 7) is 5.68. The van der Waals surface area contributed by atoms with Gasteiger partial charge in [0.2, 0.25) is 0 Å². The first-order chi connectivity index (χ1) is 12.3. The van der Waals surface area contributed by atoms with E-state index in [1.54, 1.807) is 32.9 Å². The van der Waals surface area contributed by atoms with E-state index in [0.717, 1.165) is 0 Å². The number of rotatable bonds is 5. The first-order valence-electron chi connectivity index (χ1n) is 8.34. The molecule has 0 unspecified atom stereocenters. The van der Waals surface area contributed by atoms with Crippen LogP contribution in [0.1, 0.15) is 20.8 Å². The molecule has 3 atom stereocenters. The van der Waals surface area contributed by atoms with Crippen molar-refractivity contribution in [3.63, 3.8) is 0 Å². The van der Waals surface area contributed by atoms with E-state index in [0.29, 0.717) is 12.3 Å². The maximum atomic E-state index is 12.1. The number of methoxy groups -OCH3 is 1. The van der Waals surface area contributed by atoms with Crippen LogP contribution in [0, 0.1) is 0 Å². The average Bonchev–Trinajstić information content (AvgIpc) is 2.96. The second-order valence-electron chi connectivity index (χ2n) is 6.83. The smallest absolute Gasteiger partial charge is 0.408 e. The van der Waals surface area contributed by atoms with E-state index in [9.17, 15) is 9.59 Å². The Hall–Kier alpha value is -2.61. The summed E-state index contributed by atoms with van der Waals surface area (Å²) in [7, 11) is 1.30. The molecule has 1 amide bonds. The second-order valence-corrected chi connectivity index (χ2v) is 6.83. The van der Waals surface area contributed by atoms with Crippen LogP contribution >= 0.6 is 0 Å². The summed E-state index contributed by atoms with van der Waals surface area (Å²) in [4.78, 5) is 28.4. The van der Waals surface area contributed by atoms with Crippen LogP contribution in [-0.4, -0.2) is 55.8 Å². The zero-order valence-electron chi connectivity index (χ0n) is 15.4. The Morgan fingerprint density at radius 1 is 1.27 bits per heavy atom. The van der Waals surface area contributed by atoms with Gasteiger partial charge in [0.15, 0.2) is 6.40 Å². The number of alkyl carbamates (subject to hydrolysis) is 1. The molecule has 1 aromatic carbocycles. The Kier molecular flexibility index (Phi) is 6.57. The van der Waals surface area contributed by atoms with Crippen molar-refractivity contribution in [2.45, 2.75) is 44.5 Å². The van der Waals surface area contributed by atoms with Gasteiger partial charge in [-0.2, -0.15) is 0 Å². The van der Waals surface area contributed by atoms with Crippen LogP contribution in [-0.2, 0) is 14.3 Å². The lowest BCUT2D eigenvalue weighted by Crippen LogP contribution is -2.52. The lowest BCUT2D eigenvalue weighted by molar-refractivity contribution is -0.143. The first kappa shape index (κ1) is 19.7. The number of nitrogens with zero attached hydrogens (tertiary/aromatic N) is 1. The minimum absolute atomic E-state index is 0.384. The van der Waals surface area contributed by atoms with Crippen molar-refractivity contribution in [3.05, 3.63) is 30.3 Å². The van der Waals surface area contributed by atoms with Gasteiger partial charge in [-0.25, -0.2) is 4.79 Å². The van der Waals surface area contributed by atoms with E-state index in [1.807, 2.05) is 18.2 Å². The van der Waals surface area contributed by atoms with Crippen molar-refractivity contribution in [2.24, 2.45) is 4.99 Å². The molecule has 1 heterocycles. The predicted molar refractivity (Wildman–Crippen MR) is 96.3 cm³/mol. The molecule has 1 saturated heterocycles. The largest absolute Gasteiger partial charge is 0.468 e. The van der Waals surface area contributed by atoms with Gasteiger partial charge in [0.05, 0.1) is 19.2 Å². The van der Waals surface area contributed by atoms with Crippen molar-refractivity contribution >= 4 is 18.5 Å². The fraction of sp³-hybridized carbons (Fsp3) is 0.500. The number of carbonyl (C=O) groups is 2. The van der Waals surface area contributed by atoms with Crippen molar-refractivity contribution < 1.29 is 23.8 Å². The summed E-state index contributed by atoms with van der Waals surface area (Å²) in [5, 5.41) is 5.72. The van der Waals surface area contributed by atoms with Gasteiger partial charge in [0.1, 0.15) is 17.4 Å². The van der Waals surface area contributed by atoms with Gasteiger partial charge < -0.3 is 24.8 Å². The normalized spacial score (nSPS) is 22.8. The number of hydrogen-bond donors (Lipinski definition) is 2. The number of aliphatic imine (C=N–C) groups is 1. The molecule has 0 radical (unpaired) electrons. The Bertz CT molecular complexity index is 642. The zero-order chi connectivity index (χ0) is 19.2. The maximum Gasteiger partial charge on any atom is 0.408 e. The van der Waals surface area contributed by atoms with Crippen molar-refractivity contribution in [3.8, 4) is 5.75 Å². The van der Waals surface area contributed by atoms with Crippen LogP contribution in [0.3, 0.4) is 0 Å². The Morgan fingerprint density at radius 2 is 1.96 bits per heavy atom. The number of benzene rings is 1. The number of esters is 1. The fourth-order valence-electron chi connectivity index (χ4n) is 2.52. The second kappa shape index (κ2) is 8.66. The molecule has 0 spiro atoms. The van der Waals surface area contributed by atoms with Crippen LogP contribution in [0.15, 0.2) is 35.3 Å². The Morgan fingerprint density at radius 3 is 2.58 bits per heavy atom. The van der Waals surface area contributed by atoms with Crippen LogP contribution in [0.2, 0.25) is 0 Å². The molecular weight excluding hydrogens is 338 g/mol. The van der Waals surface area contributed by atoms with E-state index in [1.165, 1.54) is 13.5 Å². The minimum Gasteiger partial charge on any atom is -0.468 e. The minimum atomic E-state index is -0.716. The van der Waals surface area contributed by atoms with E-state index >= 15 is 0 Å². The van der Waals surface area contributed by atoms with E-state index in [4.69, 9.17) is 14.2 Å². The predicted octanol–water partition coefficient (Wildman–Crippen LogP) is 1.50. The van der Waals surface area contributed by atoms with Gasteiger partial charge in [-0.05, 0) is 32.9 Å². The molecule has 0 aliphatic carbocycles. The topological polar surface area (TPSA) is 98.3 Å². The number of para-hydroxylation sites is 1. The third-order valence-electron chi connectivity index (χ3n) is 3.64.